The van der Waals surface area contributed by atoms with Crippen LogP contribution in [-0.2, 0) is 11.2 Å². The number of hydrogen-bond acceptors (Lipinski definition) is 4. The molecule has 1 aliphatic rings. The number of halogens is 1. The summed E-state index contributed by atoms with van der Waals surface area (Å²) < 4.78 is 10.5. The highest BCUT2D eigenvalue weighted by atomic mass is 35.5. The third-order valence-corrected chi connectivity index (χ3v) is 4.18. The fourth-order valence-electron chi connectivity index (χ4n) is 2.78. The van der Waals surface area contributed by atoms with Crippen molar-refractivity contribution in [2.24, 2.45) is 5.92 Å². The number of ether oxygens (including phenoxy) is 2. The molecule has 2 rings (SSSR count). The number of amides is 1. The first kappa shape index (κ1) is 19.6. The summed E-state index contributed by atoms with van der Waals surface area (Å²) in [5.74, 6) is 2.10. The first-order valence-corrected chi connectivity index (χ1v) is 7.84. The van der Waals surface area contributed by atoms with Crippen molar-refractivity contribution < 1.29 is 14.3 Å². The first-order valence-electron chi connectivity index (χ1n) is 7.84. The zero-order chi connectivity index (χ0) is 15.9. The van der Waals surface area contributed by atoms with E-state index in [0.29, 0.717) is 18.8 Å². The summed E-state index contributed by atoms with van der Waals surface area (Å²) in [6.45, 7) is 4.12. The predicted octanol–water partition coefficient (Wildman–Crippen LogP) is 2.17. The molecule has 0 saturated carbocycles. The van der Waals surface area contributed by atoms with E-state index >= 15 is 0 Å². The number of hydrogen-bond donors (Lipinski definition) is 2. The Kier molecular flexibility index (Phi) is 8.20. The molecule has 2 atom stereocenters. The van der Waals surface area contributed by atoms with E-state index in [1.54, 1.807) is 14.2 Å². The highest BCUT2D eigenvalue weighted by molar-refractivity contribution is 5.85. The number of piperidine rings is 1. The van der Waals surface area contributed by atoms with Gasteiger partial charge in [0.25, 0.3) is 0 Å². The Morgan fingerprint density at radius 1 is 1.26 bits per heavy atom. The van der Waals surface area contributed by atoms with Crippen LogP contribution in [0, 0.1) is 5.92 Å². The van der Waals surface area contributed by atoms with Gasteiger partial charge in [-0.05, 0) is 49.5 Å². The number of benzene rings is 1. The minimum absolute atomic E-state index is 0. The van der Waals surface area contributed by atoms with Crippen LogP contribution in [0.15, 0.2) is 18.2 Å². The van der Waals surface area contributed by atoms with Crippen molar-refractivity contribution in [2.75, 3.05) is 27.3 Å². The van der Waals surface area contributed by atoms with E-state index in [1.807, 2.05) is 18.2 Å². The van der Waals surface area contributed by atoms with E-state index in [4.69, 9.17) is 9.47 Å². The Labute approximate surface area is 144 Å². The number of carbonyl (C=O) groups is 1. The van der Waals surface area contributed by atoms with Crippen molar-refractivity contribution >= 4 is 18.3 Å². The average molecular weight is 343 g/mol. The van der Waals surface area contributed by atoms with Crippen molar-refractivity contribution in [1.29, 1.82) is 0 Å². The molecule has 0 aliphatic carbocycles. The molecule has 0 spiro atoms. The molecular weight excluding hydrogens is 316 g/mol. The lowest BCUT2D eigenvalue weighted by Crippen LogP contribution is -2.48. The molecule has 2 unspecified atom stereocenters. The van der Waals surface area contributed by atoms with E-state index in [9.17, 15) is 4.79 Å². The zero-order valence-electron chi connectivity index (χ0n) is 14.1. The molecule has 0 radical (unpaired) electrons. The zero-order valence-corrected chi connectivity index (χ0v) is 14.9. The molecule has 1 aromatic carbocycles. The predicted molar refractivity (Wildman–Crippen MR) is 93.7 cm³/mol. The van der Waals surface area contributed by atoms with Crippen molar-refractivity contribution in [3.63, 3.8) is 0 Å². The summed E-state index contributed by atoms with van der Waals surface area (Å²) >= 11 is 0. The number of nitrogens with one attached hydrogen (secondary N) is 2. The standard InChI is InChI=1S/C17H26N2O3.ClH/c1-12-11-18-7-6-16(12)19-17(20)5-4-13-8-14(21-2)10-15(9-13)22-3;/h8-10,12,16,18H,4-7,11H2,1-3H3,(H,19,20);1H. The van der Waals surface area contributed by atoms with Gasteiger partial charge in [0.15, 0.2) is 0 Å². The van der Waals surface area contributed by atoms with Crippen LogP contribution >= 0.6 is 12.4 Å². The van der Waals surface area contributed by atoms with Crippen molar-refractivity contribution in [3.05, 3.63) is 23.8 Å². The molecule has 1 amide bonds. The lowest BCUT2D eigenvalue weighted by atomic mass is 9.95. The third kappa shape index (κ3) is 5.92. The van der Waals surface area contributed by atoms with Crippen LogP contribution in [0.25, 0.3) is 0 Å². The molecule has 0 aromatic heterocycles. The number of aryl methyl sites for hydroxylation is 1. The normalized spacial score (nSPS) is 20.3. The number of methoxy groups -OCH3 is 2. The molecular formula is C17H27ClN2O3. The average Bonchev–Trinajstić information content (AvgIpc) is 2.54. The van der Waals surface area contributed by atoms with Crippen LogP contribution in [-0.4, -0.2) is 39.3 Å². The summed E-state index contributed by atoms with van der Waals surface area (Å²) in [6, 6.07) is 6.01. The van der Waals surface area contributed by atoms with E-state index in [2.05, 4.69) is 17.6 Å². The molecule has 1 fully saturated rings. The Bertz CT molecular complexity index is 488. The Hall–Kier alpha value is -1.46. The van der Waals surface area contributed by atoms with Gasteiger partial charge < -0.3 is 20.1 Å². The van der Waals surface area contributed by atoms with Crippen LogP contribution in [0.3, 0.4) is 0 Å². The van der Waals surface area contributed by atoms with Gasteiger partial charge in [0.05, 0.1) is 14.2 Å². The van der Waals surface area contributed by atoms with Gasteiger partial charge >= 0.3 is 0 Å². The minimum atomic E-state index is 0. The second-order valence-corrected chi connectivity index (χ2v) is 5.87. The highest BCUT2D eigenvalue weighted by Crippen LogP contribution is 2.23. The summed E-state index contributed by atoms with van der Waals surface area (Å²) in [7, 11) is 3.26. The maximum absolute atomic E-state index is 12.1. The van der Waals surface area contributed by atoms with Crippen LogP contribution < -0.4 is 20.1 Å². The van der Waals surface area contributed by atoms with E-state index in [-0.39, 0.29) is 24.4 Å². The lowest BCUT2D eigenvalue weighted by molar-refractivity contribution is -0.122. The van der Waals surface area contributed by atoms with Gasteiger partial charge in [-0.15, -0.1) is 12.4 Å². The molecule has 130 valence electrons. The lowest BCUT2D eigenvalue weighted by Gasteiger charge is -2.30. The Balaban J connectivity index is 0.00000264. The minimum Gasteiger partial charge on any atom is -0.497 e. The SMILES string of the molecule is COc1cc(CCC(=O)NC2CCNCC2C)cc(OC)c1.Cl. The van der Waals surface area contributed by atoms with Gasteiger partial charge in [0, 0.05) is 18.5 Å². The van der Waals surface area contributed by atoms with E-state index in [0.717, 1.165) is 36.6 Å². The maximum atomic E-state index is 12.1. The second-order valence-electron chi connectivity index (χ2n) is 5.87. The van der Waals surface area contributed by atoms with Gasteiger partial charge in [0.2, 0.25) is 5.91 Å². The van der Waals surface area contributed by atoms with E-state index in [1.165, 1.54) is 0 Å². The molecule has 23 heavy (non-hydrogen) atoms. The molecule has 5 nitrogen and oxygen atoms in total. The summed E-state index contributed by atoms with van der Waals surface area (Å²) in [5.41, 5.74) is 1.05. The van der Waals surface area contributed by atoms with Gasteiger partial charge in [-0.1, -0.05) is 6.92 Å². The van der Waals surface area contributed by atoms with E-state index < -0.39 is 0 Å². The van der Waals surface area contributed by atoms with Gasteiger partial charge in [-0.3, -0.25) is 4.79 Å². The first-order chi connectivity index (χ1) is 10.6. The fourth-order valence-corrected chi connectivity index (χ4v) is 2.78. The van der Waals surface area contributed by atoms with Crippen molar-refractivity contribution in [3.8, 4) is 11.5 Å². The van der Waals surface area contributed by atoms with Crippen LogP contribution in [0.5, 0.6) is 11.5 Å². The topological polar surface area (TPSA) is 59.6 Å². The van der Waals surface area contributed by atoms with Crippen LogP contribution in [0.4, 0.5) is 0 Å². The summed E-state index contributed by atoms with van der Waals surface area (Å²) in [4.78, 5) is 12.1. The molecule has 1 saturated heterocycles. The van der Waals surface area contributed by atoms with Gasteiger partial charge in [0.1, 0.15) is 11.5 Å². The fraction of sp³-hybridized carbons (Fsp3) is 0.588. The molecule has 1 aromatic rings. The number of carbonyl (C=O) groups excluding carboxylic acids is 1. The van der Waals surface area contributed by atoms with Gasteiger partial charge in [-0.2, -0.15) is 0 Å². The maximum Gasteiger partial charge on any atom is 0.220 e. The van der Waals surface area contributed by atoms with Crippen molar-refractivity contribution in [1.82, 2.24) is 10.6 Å². The quantitative estimate of drug-likeness (QED) is 0.832. The smallest absolute Gasteiger partial charge is 0.220 e. The third-order valence-electron chi connectivity index (χ3n) is 4.18. The largest absolute Gasteiger partial charge is 0.497 e. The molecule has 2 N–H and O–H groups in total. The molecule has 1 heterocycles. The Morgan fingerprint density at radius 3 is 2.48 bits per heavy atom. The highest BCUT2D eigenvalue weighted by Gasteiger charge is 2.22. The number of rotatable bonds is 6. The Morgan fingerprint density at radius 2 is 1.91 bits per heavy atom. The monoisotopic (exact) mass is 342 g/mol. The van der Waals surface area contributed by atoms with Crippen molar-refractivity contribution in [2.45, 2.75) is 32.2 Å². The van der Waals surface area contributed by atoms with Crippen LogP contribution in [0.1, 0.15) is 25.3 Å². The van der Waals surface area contributed by atoms with Crippen LogP contribution in [0.2, 0.25) is 0 Å². The summed E-state index contributed by atoms with van der Waals surface area (Å²) in [6.07, 6.45) is 2.16. The molecule has 6 heteroatoms. The molecule has 1 aliphatic heterocycles. The second kappa shape index (κ2) is 9.63. The molecule has 0 bridgehead atoms. The van der Waals surface area contributed by atoms with Gasteiger partial charge in [-0.25, -0.2) is 0 Å². The summed E-state index contributed by atoms with van der Waals surface area (Å²) in [5, 5.41) is 6.50.